The van der Waals surface area contributed by atoms with E-state index in [1.165, 1.54) is 19.3 Å². The van der Waals surface area contributed by atoms with Crippen molar-refractivity contribution in [1.29, 1.82) is 0 Å². The molecule has 2 aromatic rings. The largest absolute Gasteiger partial charge is 0.358 e. The fourth-order valence-corrected chi connectivity index (χ4v) is 4.82. The van der Waals surface area contributed by atoms with E-state index >= 15 is 0 Å². The molecule has 3 heterocycles. The molecule has 2 fully saturated rings. The van der Waals surface area contributed by atoms with Gasteiger partial charge < -0.3 is 20.4 Å². The van der Waals surface area contributed by atoms with Gasteiger partial charge in [-0.1, -0.05) is 37.6 Å². The Morgan fingerprint density at radius 1 is 1.03 bits per heavy atom. The zero-order chi connectivity index (χ0) is 21.8. The minimum atomic E-state index is 0.514. The third kappa shape index (κ3) is 5.98. The van der Waals surface area contributed by atoms with Gasteiger partial charge >= 0.3 is 0 Å². The Morgan fingerprint density at radius 2 is 1.65 bits per heavy atom. The molecule has 2 aliphatic heterocycles. The van der Waals surface area contributed by atoms with Gasteiger partial charge in [-0.2, -0.15) is 9.97 Å². The summed E-state index contributed by atoms with van der Waals surface area (Å²) >= 11 is 11.5. The molecule has 2 saturated heterocycles. The quantitative estimate of drug-likeness (QED) is 0.630. The molecule has 31 heavy (non-hydrogen) atoms. The lowest BCUT2D eigenvalue weighted by molar-refractivity contribution is 0.355. The van der Waals surface area contributed by atoms with Crippen LogP contribution < -0.4 is 20.4 Å². The molecule has 1 aromatic heterocycles. The Morgan fingerprint density at radius 3 is 2.29 bits per heavy atom. The van der Waals surface area contributed by atoms with Crippen LogP contribution in [-0.4, -0.2) is 41.3 Å². The van der Waals surface area contributed by atoms with E-state index in [9.17, 15) is 0 Å². The number of hydrogen-bond donors (Lipinski definition) is 2. The van der Waals surface area contributed by atoms with Gasteiger partial charge in [-0.3, -0.25) is 0 Å². The summed E-state index contributed by atoms with van der Waals surface area (Å²) < 4.78 is 0. The normalized spacial score (nSPS) is 21.3. The Hall–Kier alpha value is -2.12. The van der Waals surface area contributed by atoms with Gasteiger partial charge in [0.1, 0.15) is 11.6 Å². The second-order valence-corrected chi connectivity index (χ2v) is 9.73. The third-order valence-electron chi connectivity index (χ3n) is 5.91. The van der Waals surface area contributed by atoms with Crippen molar-refractivity contribution in [3.8, 4) is 0 Å². The number of benzene rings is 1. The summed E-state index contributed by atoms with van der Waals surface area (Å²) in [4.78, 5) is 14.4. The predicted molar refractivity (Wildman–Crippen MR) is 133 cm³/mol. The molecule has 6 nitrogen and oxygen atoms in total. The summed E-state index contributed by atoms with van der Waals surface area (Å²) in [7, 11) is 0. The van der Waals surface area contributed by atoms with Crippen molar-refractivity contribution >= 4 is 46.5 Å². The number of halogens is 1. The first kappa shape index (κ1) is 22.1. The predicted octanol–water partition coefficient (Wildman–Crippen LogP) is 4.70. The molecular weight excluding hydrogens is 428 g/mol. The number of anilines is 3. The molecule has 0 amide bonds. The van der Waals surface area contributed by atoms with Crippen molar-refractivity contribution < 1.29 is 0 Å². The second kappa shape index (κ2) is 10.0. The third-order valence-corrected chi connectivity index (χ3v) is 6.41. The van der Waals surface area contributed by atoms with Crippen molar-refractivity contribution in [2.45, 2.75) is 39.7 Å². The van der Waals surface area contributed by atoms with Crippen LogP contribution in [0.1, 0.15) is 38.7 Å². The Bertz CT molecular complexity index is 889. The van der Waals surface area contributed by atoms with E-state index in [0.29, 0.717) is 29.4 Å². The van der Waals surface area contributed by atoms with Crippen molar-refractivity contribution in [2.75, 3.05) is 41.3 Å². The second-order valence-electron chi connectivity index (χ2n) is 8.89. The van der Waals surface area contributed by atoms with Crippen LogP contribution in [0.3, 0.4) is 0 Å². The molecule has 0 unspecified atom stereocenters. The zero-order valence-electron chi connectivity index (χ0n) is 18.3. The lowest BCUT2D eigenvalue weighted by atomic mass is 9.92. The summed E-state index contributed by atoms with van der Waals surface area (Å²) in [5.41, 5.74) is 1.11. The summed E-state index contributed by atoms with van der Waals surface area (Å²) in [6, 6.07) is 9.87. The van der Waals surface area contributed by atoms with Crippen LogP contribution in [0.4, 0.5) is 17.6 Å². The number of piperidine rings is 1. The minimum absolute atomic E-state index is 0.514. The molecule has 0 bridgehead atoms. The van der Waals surface area contributed by atoms with Crippen LogP contribution in [0.15, 0.2) is 30.3 Å². The van der Waals surface area contributed by atoms with Gasteiger partial charge in [-0.05, 0) is 61.0 Å². The van der Waals surface area contributed by atoms with E-state index in [4.69, 9.17) is 33.8 Å². The highest BCUT2D eigenvalue weighted by atomic mass is 35.5. The molecule has 2 aliphatic rings. The molecular formula is C23H31ClN6S. The number of nitrogens with one attached hydrogen (secondary N) is 2. The molecule has 1 aromatic carbocycles. The Balaban J connectivity index is 1.49. The van der Waals surface area contributed by atoms with Crippen LogP contribution >= 0.6 is 23.8 Å². The van der Waals surface area contributed by atoms with Gasteiger partial charge in [0.2, 0.25) is 5.95 Å². The van der Waals surface area contributed by atoms with Gasteiger partial charge in [0.15, 0.2) is 5.11 Å². The highest BCUT2D eigenvalue weighted by Crippen LogP contribution is 2.29. The first-order valence-electron chi connectivity index (χ1n) is 11.1. The van der Waals surface area contributed by atoms with E-state index in [1.807, 2.05) is 24.3 Å². The highest BCUT2D eigenvalue weighted by molar-refractivity contribution is 7.80. The number of thiocarbonyl (C=S) groups is 1. The molecule has 166 valence electrons. The smallest absolute Gasteiger partial charge is 0.232 e. The van der Waals surface area contributed by atoms with Crippen LogP contribution in [0, 0.1) is 11.8 Å². The number of aromatic nitrogens is 2. The van der Waals surface area contributed by atoms with Crippen LogP contribution in [-0.2, 0) is 6.54 Å². The zero-order valence-corrected chi connectivity index (χ0v) is 19.8. The van der Waals surface area contributed by atoms with E-state index in [-0.39, 0.29) is 0 Å². The lowest BCUT2D eigenvalue weighted by Crippen LogP contribution is -2.39. The summed E-state index contributed by atoms with van der Waals surface area (Å²) in [5, 5.41) is 7.69. The first-order valence-corrected chi connectivity index (χ1v) is 11.9. The van der Waals surface area contributed by atoms with E-state index < -0.39 is 0 Å². The fourth-order valence-electron chi connectivity index (χ4n) is 4.53. The number of nitrogens with zero attached hydrogens (tertiary/aromatic N) is 4. The maximum absolute atomic E-state index is 5.96. The number of hydrogen-bond acceptors (Lipinski definition) is 5. The number of rotatable bonds is 5. The van der Waals surface area contributed by atoms with Crippen molar-refractivity contribution in [1.82, 2.24) is 15.3 Å². The van der Waals surface area contributed by atoms with E-state index in [0.717, 1.165) is 48.4 Å². The molecule has 0 saturated carbocycles. The molecule has 0 spiro atoms. The molecule has 0 aliphatic carbocycles. The molecule has 2 N–H and O–H groups in total. The summed E-state index contributed by atoms with van der Waals surface area (Å²) in [5.74, 6) is 3.84. The molecule has 4 rings (SSSR count). The summed E-state index contributed by atoms with van der Waals surface area (Å²) in [6.07, 6.45) is 3.69. The van der Waals surface area contributed by atoms with Crippen molar-refractivity contribution in [2.24, 2.45) is 11.8 Å². The molecule has 0 radical (unpaired) electrons. The average Bonchev–Trinajstić information content (AvgIpc) is 3.27. The standard InChI is InChI=1S/C23H31ClN6S/c1-16-11-17(2)15-30(14-16)21-12-20(29-9-3-4-10-29)26-22(27-21)28-23(31)25-13-18-5-7-19(24)8-6-18/h5-8,12,16-17H,3-4,9-11,13-15H2,1-2H3,(H2,25,26,27,28,31)/t16-,17-/m0/s1. The van der Waals surface area contributed by atoms with Crippen molar-refractivity contribution in [3.05, 3.63) is 40.9 Å². The Labute approximate surface area is 195 Å². The first-order chi connectivity index (χ1) is 15.0. The van der Waals surface area contributed by atoms with Gasteiger partial charge in [0.25, 0.3) is 0 Å². The van der Waals surface area contributed by atoms with Crippen LogP contribution in [0.25, 0.3) is 0 Å². The highest BCUT2D eigenvalue weighted by Gasteiger charge is 2.25. The van der Waals surface area contributed by atoms with Gasteiger partial charge in [0, 0.05) is 43.8 Å². The SMILES string of the molecule is C[C@H]1C[C@H](C)CN(c2cc(N3CCCC3)nc(NC(=S)NCc3ccc(Cl)cc3)n2)C1. The topological polar surface area (TPSA) is 56.3 Å². The minimum Gasteiger partial charge on any atom is -0.358 e. The fraction of sp³-hybridized carbons (Fsp3) is 0.522. The van der Waals surface area contributed by atoms with Crippen molar-refractivity contribution in [3.63, 3.8) is 0 Å². The van der Waals surface area contributed by atoms with E-state index in [2.05, 4.69) is 40.3 Å². The summed E-state index contributed by atoms with van der Waals surface area (Å²) in [6.45, 7) is 9.39. The van der Waals surface area contributed by atoms with E-state index in [1.54, 1.807) is 0 Å². The lowest BCUT2D eigenvalue weighted by Gasteiger charge is -2.36. The monoisotopic (exact) mass is 458 g/mol. The maximum atomic E-state index is 5.96. The molecule has 2 atom stereocenters. The van der Waals surface area contributed by atoms with Crippen LogP contribution in [0.2, 0.25) is 5.02 Å². The average molecular weight is 459 g/mol. The Kier molecular flexibility index (Phi) is 7.13. The van der Waals surface area contributed by atoms with Gasteiger partial charge in [-0.15, -0.1) is 0 Å². The van der Waals surface area contributed by atoms with Crippen LogP contribution in [0.5, 0.6) is 0 Å². The van der Waals surface area contributed by atoms with Gasteiger partial charge in [0.05, 0.1) is 0 Å². The van der Waals surface area contributed by atoms with Gasteiger partial charge in [-0.25, -0.2) is 0 Å². The molecule has 8 heteroatoms. The maximum Gasteiger partial charge on any atom is 0.232 e.